The van der Waals surface area contributed by atoms with Crippen LogP contribution in [0.3, 0.4) is 0 Å². The fourth-order valence-corrected chi connectivity index (χ4v) is 1.66. The summed E-state index contributed by atoms with van der Waals surface area (Å²) in [5, 5.41) is 0. The molecular weight excluding hydrogens is 218 g/mol. The summed E-state index contributed by atoms with van der Waals surface area (Å²) < 4.78 is 5.58. The molecule has 1 atom stereocenters. The molecule has 0 saturated heterocycles. The Kier molecular flexibility index (Phi) is 6.34. The number of thioether (sulfide) groups is 1. The summed E-state index contributed by atoms with van der Waals surface area (Å²) in [4.78, 5) is 0. The van der Waals surface area contributed by atoms with Crippen molar-refractivity contribution >= 4 is 11.8 Å². The predicted octanol–water partition coefficient (Wildman–Crippen LogP) is 2.71. The van der Waals surface area contributed by atoms with Gasteiger partial charge in [-0.15, -0.1) is 0 Å². The first-order chi connectivity index (χ1) is 7.76. The summed E-state index contributed by atoms with van der Waals surface area (Å²) in [6.07, 6.45) is 4.05. The van der Waals surface area contributed by atoms with E-state index in [-0.39, 0.29) is 6.04 Å². The summed E-state index contributed by atoms with van der Waals surface area (Å²) in [5.74, 6) is 1.98. The van der Waals surface area contributed by atoms with Crippen molar-refractivity contribution in [3.05, 3.63) is 29.8 Å². The van der Waals surface area contributed by atoms with Crippen molar-refractivity contribution in [2.24, 2.45) is 5.73 Å². The molecule has 0 spiro atoms. The van der Waals surface area contributed by atoms with Crippen LogP contribution in [-0.2, 0) is 6.42 Å². The molecule has 3 heteroatoms. The van der Waals surface area contributed by atoms with E-state index >= 15 is 0 Å². The van der Waals surface area contributed by atoms with Crippen LogP contribution in [0.15, 0.2) is 24.3 Å². The summed E-state index contributed by atoms with van der Waals surface area (Å²) >= 11 is 1.79. The van der Waals surface area contributed by atoms with E-state index in [0.29, 0.717) is 0 Å². The molecule has 0 amide bonds. The molecule has 1 unspecified atom stereocenters. The molecule has 0 bridgehead atoms. The van der Waals surface area contributed by atoms with Gasteiger partial charge in [0.15, 0.2) is 0 Å². The smallest absolute Gasteiger partial charge is 0.119 e. The topological polar surface area (TPSA) is 35.2 Å². The van der Waals surface area contributed by atoms with Crippen molar-refractivity contribution in [2.45, 2.75) is 25.8 Å². The largest absolute Gasteiger partial charge is 0.493 e. The molecule has 0 fully saturated rings. The van der Waals surface area contributed by atoms with Gasteiger partial charge >= 0.3 is 0 Å². The van der Waals surface area contributed by atoms with E-state index in [4.69, 9.17) is 10.5 Å². The van der Waals surface area contributed by atoms with E-state index in [9.17, 15) is 0 Å². The minimum Gasteiger partial charge on any atom is -0.493 e. The molecule has 2 N–H and O–H groups in total. The van der Waals surface area contributed by atoms with E-state index in [1.165, 1.54) is 5.56 Å². The Hall–Kier alpha value is -0.670. The van der Waals surface area contributed by atoms with Crippen LogP contribution in [0.4, 0.5) is 0 Å². The third-order valence-electron chi connectivity index (χ3n) is 2.50. The fourth-order valence-electron chi connectivity index (χ4n) is 1.41. The molecule has 0 aliphatic carbocycles. The number of hydrogen-bond acceptors (Lipinski definition) is 3. The molecule has 1 aromatic carbocycles. The third-order valence-corrected chi connectivity index (χ3v) is 3.08. The highest BCUT2D eigenvalue weighted by atomic mass is 32.2. The average Bonchev–Trinajstić information content (AvgIpc) is 2.31. The average molecular weight is 239 g/mol. The molecule has 2 nitrogen and oxygen atoms in total. The van der Waals surface area contributed by atoms with Gasteiger partial charge in [0.25, 0.3) is 0 Å². The van der Waals surface area contributed by atoms with Gasteiger partial charge in [-0.05, 0) is 36.8 Å². The number of nitrogens with two attached hydrogens (primary N) is 1. The zero-order chi connectivity index (χ0) is 11.8. The maximum atomic E-state index is 5.91. The van der Waals surface area contributed by atoms with E-state index in [2.05, 4.69) is 25.3 Å². The Morgan fingerprint density at radius 1 is 1.31 bits per heavy atom. The summed E-state index contributed by atoms with van der Waals surface area (Å²) in [5.41, 5.74) is 7.19. The van der Waals surface area contributed by atoms with Crippen LogP contribution in [0.1, 0.15) is 18.9 Å². The van der Waals surface area contributed by atoms with Crippen LogP contribution >= 0.6 is 11.8 Å². The first-order valence-corrected chi connectivity index (χ1v) is 7.12. The third kappa shape index (κ3) is 4.90. The Balaban J connectivity index is 2.41. The second kappa shape index (κ2) is 7.58. The first-order valence-electron chi connectivity index (χ1n) is 5.72. The van der Waals surface area contributed by atoms with Gasteiger partial charge in [-0.1, -0.05) is 19.1 Å². The second-order valence-electron chi connectivity index (χ2n) is 3.86. The van der Waals surface area contributed by atoms with Gasteiger partial charge in [0.2, 0.25) is 0 Å². The number of benzene rings is 1. The molecular formula is C13H21NOS. The minimum absolute atomic E-state index is 0.267. The lowest BCUT2D eigenvalue weighted by molar-refractivity contribution is 0.344. The lowest BCUT2D eigenvalue weighted by Crippen LogP contribution is -2.21. The molecule has 0 saturated carbocycles. The normalized spacial score (nSPS) is 12.4. The van der Waals surface area contributed by atoms with Crippen LogP contribution in [-0.4, -0.2) is 24.7 Å². The van der Waals surface area contributed by atoms with Gasteiger partial charge in [-0.25, -0.2) is 0 Å². The van der Waals surface area contributed by atoms with Gasteiger partial charge in [-0.3, -0.25) is 0 Å². The summed E-state index contributed by atoms with van der Waals surface area (Å²) in [6.45, 7) is 2.89. The zero-order valence-corrected chi connectivity index (χ0v) is 10.9. The summed E-state index contributed by atoms with van der Waals surface area (Å²) in [7, 11) is 0. The lowest BCUT2D eigenvalue weighted by atomic mass is 10.0. The highest BCUT2D eigenvalue weighted by molar-refractivity contribution is 7.98. The van der Waals surface area contributed by atoms with Gasteiger partial charge in [0, 0.05) is 11.8 Å². The van der Waals surface area contributed by atoms with Crippen LogP contribution in [0.5, 0.6) is 5.75 Å². The van der Waals surface area contributed by atoms with Crippen molar-refractivity contribution < 1.29 is 4.74 Å². The van der Waals surface area contributed by atoms with E-state index in [0.717, 1.165) is 31.0 Å². The fraction of sp³-hybridized carbons (Fsp3) is 0.538. The monoisotopic (exact) mass is 239 g/mol. The molecule has 90 valence electrons. The number of ether oxygens (including phenoxy) is 1. The van der Waals surface area contributed by atoms with E-state index in [1.807, 2.05) is 12.1 Å². The van der Waals surface area contributed by atoms with Crippen molar-refractivity contribution in [3.8, 4) is 5.75 Å². The van der Waals surface area contributed by atoms with Gasteiger partial charge in [0.05, 0.1) is 6.61 Å². The molecule has 0 aromatic heterocycles. The maximum Gasteiger partial charge on any atom is 0.119 e. The molecule has 1 aromatic rings. The van der Waals surface area contributed by atoms with Crippen molar-refractivity contribution in [2.75, 3.05) is 18.6 Å². The molecule has 0 heterocycles. The SMILES string of the molecule is CCC(N)Cc1ccc(OCCSC)cc1. The Bertz CT molecular complexity index is 286. The van der Waals surface area contributed by atoms with Gasteiger partial charge in [-0.2, -0.15) is 11.8 Å². The summed E-state index contributed by atoms with van der Waals surface area (Å²) in [6, 6.07) is 8.52. The van der Waals surface area contributed by atoms with Crippen LogP contribution < -0.4 is 10.5 Å². The maximum absolute atomic E-state index is 5.91. The minimum atomic E-state index is 0.267. The molecule has 1 rings (SSSR count). The highest BCUT2D eigenvalue weighted by Gasteiger charge is 2.01. The second-order valence-corrected chi connectivity index (χ2v) is 4.84. The van der Waals surface area contributed by atoms with Gasteiger partial charge < -0.3 is 10.5 Å². The zero-order valence-electron chi connectivity index (χ0n) is 10.1. The van der Waals surface area contributed by atoms with Crippen molar-refractivity contribution in [1.82, 2.24) is 0 Å². The first kappa shape index (κ1) is 13.4. The van der Waals surface area contributed by atoms with E-state index in [1.54, 1.807) is 11.8 Å². The lowest BCUT2D eigenvalue weighted by Gasteiger charge is -2.09. The van der Waals surface area contributed by atoms with Gasteiger partial charge in [0.1, 0.15) is 5.75 Å². The number of rotatable bonds is 7. The van der Waals surface area contributed by atoms with Crippen LogP contribution in [0.25, 0.3) is 0 Å². The quantitative estimate of drug-likeness (QED) is 0.743. The van der Waals surface area contributed by atoms with Crippen LogP contribution in [0.2, 0.25) is 0 Å². The molecule has 0 aliphatic rings. The van der Waals surface area contributed by atoms with Crippen molar-refractivity contribution in [3.63, 3.8) is 0 Å². The Labute approximate surface area is 103 Å². The Morgan fingerprint density at radius 3 is 2.56 bits per heavy atom. The van der Waals surface area contributed by atoms with E-state index < -0.39 is 0 Å². The van der Waals surface area contributed by atoms with Crippen LogP contribution in [0, 0.1) is 0 Å². The predicted molar refractivity (Wildman–Crippen MR) is 72.3 cm³/mol. The standard InChI is InChI=1S/C13H21NOS/c1-3-12(14)10-11-4-6-13(7-5-11)15-8-9-16-2/h4-7,12H,3,8-10,14H2,1-2H3. The molecule has 16 heavy (non-hydrogen) atoms. The highest BCUT2D eigenvalue weighted by Crippen LogP contribution is 2.14. The Morgan fingerprint density at radius 2 is 2.00 bits per heavy atom. The molecule has 0 radical (unpaired) electrons. The van der Waals surface area contributed by atoms with Crippen molar-refractivity contribution in [1.29, 1.82) is 0 Å². The molecule has 0 aliphatic heterocycles. The number of hydrogen-bond donors (Lipinski definition) is 1.